The van der Waals surface area contributed by atoms with E-state index in [-0.39, 0.29) is 24.1 Å². The number of rotatable bonds is 8. The second-order valence-corrected chi connectivity index (χ2v) is 8.42. The van der Waals surface area contributed by atoms with Gasteiger partial charge in [0.25, 0.3) is 5.56 Å². The SMILES string of the molecule is CCCCC[C@H](C)NC(=O)Cn1cnc2sc(C)c(-c3ccccc3)c2c1=O. The number of hydrogen-bond donors (Lipinski definition) is 1. The Balaban J connectivity index is 1.84. The Morgan fingerprint density at radius 2 is 2.00 bits per heavy atom. The van der Waals surface area contributed by atoms with E-state index in [1.54, 1.807) is 0 Å². The van der Waals surface area contributed by atoms with Crippen molar-refractivity contribution in [3.8, 4) is 11.1 Å². The van der Waals surface area contributed by atoms with Crippen molar-refractivity contribution in [3.05, 3.63) is 51.9 Å². The number of fused-ring (bicyclic) bond motifs is 1. The van der Waals surface area contributed by atoms with E-state index < -0.39 is 0 Å². The Morgan fingerprint density at radius 1 is 1.25 bits per heavy atom. The fourth-order valence-corrected chi connectivity index (χ4v) is 4.45. The lowest BCUT2D eigenvalue weighted by Crippen LogP contribution is -2.37. The number of hydrogen-bond acceptors (Lipinski definition) is 4. The topological polar surface area (TPSA) is 64.0 Å². The van der Waals surface area contributed by atoms with Crippen LogP contribution in [0.5, 0.6) is 0 Å². The van der Waals surface area contributed by atoms with Gasteiger partial charge in [-0.1, -0.05) is 56.5 Å². The molecular formula is C22H27N3O2S. The maximum absolute atomic E-state index is 13.1. The second kappa shape index (κ2) is 9.15. The first-order valence-corrected chi connectivity index (χ1v) is 10.7. The van der Waals surface area contributed by atoms with Crippen LogP contribution in [0.4, 0.5) is 0 Å². The summed E-state index contributed by atoms with van der Waals surface area (Å²) in [6, 6.07) is 9.97. The Morgan fingerprint density at radius 3 is 2.71 bits per heavy atom. The lowest BCUT2D eigenvalue weighted by atomic mass is 10.0. The summed E-state index contributed by atoms with van der Waals surface area (Å²) in [6.07, 6.45) is 5.86. The molecule has 2 heterocycles. The van der Waals surface area contributed by atoms with E-state index in [9.17, 15) is 9.59 Å². The average Bonchev–Trinajstić information content (AvgIpc) is 3.01. The Bertz CT molecular complexity index is 1010. The molecule has 1 amide bonds. The third kappa shape index (κ3) is 4.50. The molecule has 0 radical (unpaired) electrons. The zero-order valence-corrected chi connectivity index (χ0v) is 17.5. The first kappa shape index (κ1) is 20.3. The number of nitrogens with one attached hydrogen (secondary N) is 1. The van der Waals surface area contributed by atoms with E-state index in [1.807, 2.05) is 44.2 Å². The van der Waals surface area contributed by atoms with Crippen LogP contribution in [0.15, 0.2) is 41.5 Å². The molecule has 0 aliphatic rings. The molecule has 0 saturated heterocycles. The highest BCUT2D eigenvalue weighted by Crippen LogP contribution is 2.35. The van der Waals surface area contributed by atoms with Crippen LogP contribution in [-0.4, -0.2) is 21.5 Å². The number of aromatic nitrogens is 2. The molecule has 1 N–H and O–H groups in total. The first-order valence-electron chi connectivity index (χ1n) is 9.84. The molecule has 0 aliphatic carbocycles. The lowest BCUT2D eigenvalue weighted by molar-refractivity contribution is -0.122. The number of aryl methyl sites for hydroxylation is 1. The van der Waals surface area contributed by atoms with Gasteiger partial charge in [0.05, 0.1) is 11.7 Å². The molecule has 1 aromatic carbocycles. The number of carbonyl (C=O) groups is 1. The van der Waals surface area contributed by atoms with E-state index >= 15 is 0 Å². The van der Waals surface area contributed by atoms with Gasteiger partial charge in [-0.2, -0.15) is 0 Å². The van der Waals surface area contributed by atoms with E-state index in [4.69, 9.17) is 0 Å². The maximum Gasteiger partial charge on any atom is 0.263 e. The maximum atomic E-state index is 13.1. The van der Waals surface area contributed by atoms with Gasteiger partial charge in [0.2, 0.25) is 5.91 Å². The molecule has 2 aromatic heterocycles. The number of unbranched alkanes of at least 4 members (excludes halogenated alkanes) is 2. The lowest BCUT2D eigenvalue weighted by Gasteiger charge is -2.14. The van der Waals surface area contributed by atoms with Crippen LogP contribution in [0.2, 0.25) is 0 Å². The Labute approximate surface area is 169 Å². The van der Waals surface area contributed by atoms with Gasteiger partial charge in [-0.05, 0) is 25.8 Å². The van der Waals surface area contributed by atoms with Crippen LogP contribution in [0, 0.1) is 6.92 Å². The van der Waals surface area contributed by atoms with Gasteiger partial charge in [-0.25, -0.2) is 4.98 Å². The highest BCUT2D eigenvalue weighted by Gasteiger charge is 2.18. The monoisotopic (exact) mass is 397 g/mol. The van der Waals surface area contributed by atoms with Crippen molar-refractivity contribution in [3.63, 3.8) is 0 Å². The molecule has 3 rings (SSSR count). The highest BCUT2D eigenvalue weighted by atomic mass is 32.1. The standard InChI is InChI=1S/C22H27N3O2S/c1-4-5-7-10-15(2)24-18(26)13-25-14-23-21-20(22(25)27)19(16(3)28-21)17-11-8-6-9-12-17/h6,8-9,11-12,14-15H,4-5,7,10,13H2,1-3H3,(H,24,26)/t15-/m0/s1. The predicted octanol–water partition coefficient (Wildman–Crippen LogP) is 4.52. The summed E-state index contributed by atoms with van der Waals surface area (Å²) in [5.41, 5.74) is 1.75. The molecule has 6 heteroatoms. The van der Waals surface area contributed by atoms with E-state index in [0.717, 1.165) is 35.3 Å². The highest BCUT2D eigenvalue weighted by molar-refractivity contribution is 7.19. The van der Waals surface area contributed by atoms with Gasteiger partial charge < -0.3 is 5.32 Å². The summed E-state index contributed by atoms with van der Waals surface area (Å²) in [4.78, 5) is 31.7. The number of benzene rings is 1. The van der Waals surface area contributed by atoms with Crippen molar-refractivity contribution >= 4 is 27.5 Å². The van der Waals surface area contributed by atoms with Crippen molar-refractivity contribution in [1.82, 2.24) is 14.9 Å². The second-order valence-electron chi connectivity index (χ2n) is 7.22. The minimum Gasteiger partial charge on any atom is -0.352 e. The first-order chi connectivity index (χ1) is 13.5. The van der Waals surface area contributed by atoms with Crippen molar-refractivity contribution in [2.75, 3.05) is 0 Å². The third-order valence-electron chi connectivity index (χ3n) is 4.88. The summed E-state index contributed by atoms with van der Waals surface area (Å²) in [6.45, 7) is 6.16. The van der Waals surface area contributed by atoms with Crippen molar-refractivity contribution in [2.45, 2.75) is 59.0 Å². The average molecular weight is 398 g/mol. The van der Waals surface area contributed by atoms with Crippen LogP contribution in [0.1, 0.15) is 44.4 Å². The Kier molecular flexibility index (Phi) is 6.62. The minimum absolute atomic E-state index is 0.0109. The normalized spacial score (nSPS) is 12.2. The molecule has 0 saturated carbocycles. The van der Waals surface area contributed by atoms with Crippen molar-refractivity contribution in [2.24, 2.45) is 0 Å². The van der Waals surface area contributed by atoms with E-state index in [1.165, 1.54) is 28.7 Å². The van der Waals surface area contributed by atoms with Crippen molar-refractivity contribution in [1.29, 1.82) is 0 Å². The minimum atomic E-state index is -0.165. The molecule has 1 atom stereocenters. The molecule has 0 spiro atoms. The van der Waals surface area contributed by atoms with Gasteiger partial charge in [-0.3, -0.25) is 14.2 Å². The fraction of sp³-hybridized carbons (Fsp3) is 0.409. The summed E-state index contributed by atoms with van der Waals surface area (Å²) < 4.78 is 1.41. The van der Waals surface area contributed by atoms with Gasteiger partial charge in [0.1, 0.15) is 11.4 Å². The summed E-state index contributed by atoms with van der Waals surface area (Å²) >= 11 is 1.51. The van der Waals surface area contributed by atoms with Crippen molar-refractivity contribution < 1.29 is 4.79 Å². The molecular weight excluding hydrogens is 370 g/mol. The molecule has 148 valence electrons. The van der Waals surface area contributed by atoms with E-state index in [0.29, 0.717) is 10.2 Å². The third-order valence-corrected chi connectivity index (χ3v) is 5.89. The molecule has 0 fully saturated rings. The zero-order valence-electron chi connectivity index (χ0n) is 16.7. The molecule has 0 aliphatic heterocycles. The number of carbonyl (C=O) groups excluding carboxylic acids is 1. The van der Waals surface area contributed by atoms with Crippen LogP contribution in [0.3, 0.4) is 0 Å². The zero-order chi connectivity index (χ0) is 20.1. The van der Waals surface area contributed by atoms with Crippen LogP contribution in [-0.2, 0) is 11.3 Å². The molecule has 0 bridgehead atoms. The number of amides is 1. The van der Waals surface area contributed by atoms with Gasteiger partial charge in [-0.15, -0.1) is 11.3 Å². The summed E-state index contributed by atoms with van der Waals surface area (Å²) in [5, 5.41) is 3.59. The quantitative estimate of drug-likeness (QED) is 0.569. The van der Waals surface area contributed by atoms with Crippen LogP contribution >= 0.6 is 11.3 Å². The van der Waals surface area contributed by atoms with Crippen LogP contribution in [0.25, 0.3) is 21.3 Å². The molecule has 0 unspecified atom stereocenters. The van der Waals surface area contributed by atoms with Gasteiger partial charge >= 0.3 is 0 Å². The smallest absolute Gasteiger partial charge is 0.263 e. The van der Waals surface area contributed by atoms with Gasteiger partial charge in [0, 0.05) is 16.5 Å². The van der Waals surface area contributed by atoms with E-state index in [2.05, 4.69) is 17.2 Å². The molecule has 3 aromatic rings. The molecule has 5 nitrogen and oxygen atoms in total. The largest absolute Gasteiger partial charge is 0.352 e. The molecule has 28 heavy (non-hydrogen) atoms. The number of nitrogens with zero attached hydrogens (tertiary/aromatic N) is 2. The van der Waals surface area contributed by atoms with Gasteiger partial charge in [0.15, 0.2) is 0 Å². The number of thiophene rings is 1. The fourth-order valence-electron chi connectivity index (χ4n) is 3.45. The summed E-state index contributed by atoms with van der Waals surface area (Å²) in [7, 11) is 0. The Hall–Kier alpha value is -2.47. The summed E-state index contributed by atoms with van der Waals surface area (Å²) in [5.74, 6) is -0.152. The predicted molar refractivity (Wildman–Crippen MR) is 116 cm³/mol. The van der Waals surface area contributed by atoms with Crippen LogP contribution < -0.4 is 10.9 Å².